The summed E-state index contributed by atoms with van der Waals surface area (Å²) in [6.07, 6.45) is 2.86. The molecule has 0 aliphatic heterocycles. The Balaban J connectivity index is 2.29. The summed E-state index contributed by atoms with van der Waals surface area (Å²) in [6.45, 7) is 7.65. The summed E-state index contributed by atoms with van der Waals surface area (Å²) in [5.41, 5.74) is 0.762. The second kappa shape index (κ2) is 10.2. The molecule has 0 radical (unpaired) electrons. The van der Waals surface area contributed by atoms with E-state index < -0.39 is 0 Å². The van der Waals surface area contributed by atoms with Crippen molar-refractivity contribution in [1.82, 2.24) is 15.0 Å². The summed E-state index contributed by atoms with van der Waals surface area (Å²) in [4.78, 5) is 28.4. The zero-order valence-electron chi connectivity index (χ0n) is 17.5. The highest BCUT2D eigenvalue weighted by Gasteiger charge is 2.24. The van der Waals surface area contributed by atoms with Crippen LogP contribution in [-0.4, -0.2) is 46.6 Å². The Labute approximate surface area is 171 Å². The van der Waals surface area contributed by atoms with E-state index in [2.05, 4.69) is 20.3 Å². The Hall–Kier alpha value is -3.41. The van der Waals surface area contributed by atoms with Crippen molar-refractivity contribution in [3.05, 3.63) is 30.3 Å². The Morgan fingerprint density at radius 2 is 1.90 bits per heavy atom. The highest BCUT2D eigenvalue weighted by atomic mass is 16.5. The highest BCUT2D eigenvalue weighted by molar-refractivity contribution is 5.97. The second-order valence-electron chi connectivity index (χ2n) is 6.78. The number of nitrogens with one attached hydrogen (secondary N) is 1. The van der Waals surface area contributed by atoms with Gasteiger partial charge < -0.3 is 15.0 Å². The third kappa shape index (κ3) is 5.78. The van der Waals surface area contributed by atoms with Crippen molar-refractivity contribution in [1.29, 1.82) is 5.26 Å². The van der Waals surface area contributed by atoms with Gasteiger partial charge in [0.05, 0.1) is 7.11 Å². The van der Waals surface area contributed by atoms with E-state index in [1.165, 1.54) is 7.11 Å². The van der Waals surface area contributed by atoms with Gasteiger partial charge in [-0.1, -0.05) is 25.1 Å². The third-order valence-electron chi connectivity index (χ3n) is 4.25. The molecule has 154 valence electrons. The van der Waals surface area contributed by atoms with Crippen molar-refractivity contribution < 1.29 is 9.53 Å². The first-order chi connectivity index (χ1) is 13.9. The summed E-state index contributed by atoms with van der Waals surface area (Å²) in [5, 5.41) is 12.8. The van der Waals surface area contributed by atoms with E-state index in [4.69, 9.17) is 4.74 Å². The number of methoxy groups -OCH3 is 1. The first-order valence-corrected chi connectivity index (χ1v) is 9.50. The Morgan fingerprint density at radius 1 is 1.21 bits per heavy atom. The molecular formula is C20H27N7O2. The summed E-state index contributed by atoms with van der Waals surface area (Å²) in [6, 6.07) is 9.44. The van der Waals surface area contributed by atoms with Crippen molar-refractivity contribution in [2.24, 2.45) is 0 Å². The first kappa shape index (κ1) is 21.9. The number of hydrogen-bond acceptors (Lipinski definition) is 8. The maximum Gasteiger partial charge on any atom is 0.322 e. The molecule has 1 aromatic heterocycles. The quantitative estimate of drug-likeness (QED) is 0.508. The fourth-order valence-corrected chi connectivity index (χ4v) is 2.63. The van der Waals surface area contributed by atoms with Crippen LogP contribution >= 0.6 is 0 Å². The predicted molar refractivity (Wildman–Crippen MR) is 112 cm³/mol. The van der Waals surface area contributed by atoms with E-state index in [0.29, 0.717) is 0 Å². The van der Waals surface area contributed by atoms with Crippen molar-refractivity contribution >= 4 is 23.5 Å². The van der Waals surface area contributed by atoms with Crippen LogP contribution in [0.2, 0.25) is 0 Å². The van der Waals surface area contributed by atoms with Crippen LogP contribution in [0, 0.1) is 11.5 Å². The fourth-order valence-electron chi connectivity index (χ4n) is 2.63. The molecule has 9 heteroatoms. The molecule has 9 nitrogen and oxygen atoms in total. The lowest BCUT2D eigenvalue weighted by atomic mass is 10.2. The third-order valence-corrected chi connectivity index (χ3v) is 4.25. The molecular weight excluding hydrogens is 370 g/mol. The number of amides is 1. The number of nitriles is 1. The number of para-hydroxylation sites is 1. The van der Waals surface area contributed by atoms with Gasteiger partial charge in [-0.25, -0.2) is 4.90 Å². The minimum Gasteiger partial charge on any atom is -0.467 e. The lowest BCUT2D eigenvalue weighted by Gasteiger charge is -2.28. The molecule has 0 spiro atoms. The van der Waals surface area contributed by atoms with Crippen LogP contribution in [0.1, 0.15) is 34.1 Å². The van der Waals surface area contributed by atoms with E-state index in [-0.39, 0.29) is 42.4 Å². The summed E-state index contributed by atoms with van der Waals surface area (Å²) in [7, 11) is 1.43. The van der Waals surface area contributed by atoms with Gasteiger partial charge in [-0.15, -0.1) is 0 Å². The van der Waals surface area contributed by atoms with Crippen LogP contribution in [0.15, 0.2) is 30.3 Å². The molecule has 0 bridgehead atoms. The number of carbonyl (C=O) groups is 1. The van der Waals surface area contributed by atoms with Gasteiger partial charge in [-0.2, -0.15) is 20.2 Å². The van der Waals surface area contributed by atoms with Gasteiger partial charge in [0, 0.05) is 17.8 Å². The van der Waals surface area contributed by atoms with Crippen LogP contribution in [0.25, 0.3) is 0 Å². The van der Waals surface area contributed by atoms with Crippen LogP contribution in [0.5, 0.6) is 6.01 Å². The number of aromatic nitrogens is 3. The molecule has 0 saturated heterocycles. The van der Waals surface area contributed by atoms with Crippen molar-refractivity contribution in [2.45, 2.75) is 46.2 Å². The normalized spacial score (nSPS) is 11.5. The monoisotopic (exact) mass is 397 g/mol. The summed E-state index contributed by atoms with van der Waals surface area (Å²) < 4.78 is 5.13. The molecule has 1 heterocycles. The lowest BCUT2D eigenvalue weighted by molar-refractivity contribution is -0.117. The molecule has 0 fully saturated rings. The van der Waals surface area contributed by atoms with E-state index in [1.54, 1.807) is 4.90 Å². The van der Waals surface area contributed by atoms with Gasteiger partial charge in [0.2, 0.25) is 17.8 Å². The molecule has 0 aliphatic rings. The molecule has 29 heavy (non-hydrogen) atoms. The first-order valence-electron chi connectivity index (χ1n) is 9.50. The van der Waals surface area contributed by atoms with Crippen LogP contribution < -0.4 is 19.9 Å². The lowest BCUT2D eigenvalue weighted by Crippen LogP contribution is -2.43. The van der Waals surface area contributed by atoms with Gasteiger partial charge in [0.15, 0.2) is 6.19 Å². The molecule has 1 amide bonds. The van der Waals surface area contributed by atoms with E-state index in [9.17, 15) is 10.1 Å². The van der Waals surface area contributed by atoms with Crippen molar-refractivity contribution in [2.75, 3.05) is 28.8 Å². The van der Waals surface area contributed by atoms with Crippen LogP contribution in [0.3, 0.4) is 0 Å². The van der Waals surface area contributed by atoms with Crippen LogP contribution in [0.4, 0.5) is 17.6 Å². The summed E-state index contributed by atoms with van der Waals surface area (Å²) in [5.74, 6) is 0.0940. The second-order valence-corrected chi connectivity index (χ2v) is 6.78. The Morgan fingerprint density at radius 3 is 2.45 bits per heavy atom. The zero-order valence-corrected chi connectivity index (χ0v) is 17.5. The standard InChI is InChI=1S/C20H27N7O2/c1-6-15(4)22-18-23-19(25-20(24-18)29-5)26(13-21)12-17(28)27(14(2)3)16-10-8-7-9-11-16/h7-11,14-15H,6,12H2,1-5H3,(H,22,23,24,25). The predicted octanol–water partition coefficient (Wildman–Crippen LogP) is 2.82. The molecule has 1 aromatic carbocycles. The molecule has 0 aliphatic carbocycles. The molecule has 2 aromatic rings. The minimum absolute atomic E-state index is 0.0512. The molecule has 0 saturated carbocycles. The number of carbonyl (C=O) groups excluding carboxylic acids is 1. The average molecular weight is 397 g/mol. The van der Waals surface area contributed by atoms with Crippen LogP contribution in [-0.2, 0) is 4.79 Å². The highest BCUT2D eigenvalue weighted by Crippen LogP contribution is 2.19. The number of hydrogen-bond donors (Lipinski definition) is 1. The van der Waals surface area contributed by atoms with E-state index in [0.717, 1.165) is 17.0 Å². The molecule has 1 unspecified atom stereocenters. The topological polar surface area (TPSA) is 107 Å². The number of ether oxygens (including phenoxy) is 1. The van der Waals surface area contributed by atoms with E-state index in [1.807, 2.05) is 64.2 Å². The number of rotatable bonds is 9. The smallest absolute Gasteiger partial charge is 0.322 e. The largest absolute Gasteiger partial charge is 0.467 e. The van der Waals surface area contributed by atoms with Gasteiger partial charge in [-0.05, 0) is 39.3 Å². The Bertz CT molecular complexity index is 852. The number of anilines is 3. The SMILES string of the molecule is CCC(C)Nc1nc(OC)nc(N(C#N)CC(=O)N(c2ccccc2)C(C)C)n1. The van der Waals surface area contributed by atoms with Gasteiger partial charge >= 0.3 is 6.01 Å². The summed E-state index contributed by atoms with van der Waals surface area (Å²) >= 11 is 0. The van der Waals surface area contributed by atoms with Crippen molar-refractivity contribution in [3.63, 3.8) is 0 Å². The maximum absolute atomic E-state index is 13.0. The van der Waals surface area contributed by atoms with Crippen molar-refractivity contribution in [3.8, 4) is 12.2 Å². The van der Waals surface area contributed by atoms with Gasteiger partial charge in [0.1, 0.15) is 6.54 Å². The fraction of sp³-hybridized carbons (Fsp3) is 0.450. The molecule has 2 rings (SSSR count). The average Bonchev–Trinajstić information content (AvgIpc) is 2.72. The van der Waals surface area contributed by atoms with Gasteiger partial charge in [0.25, 0.3) is 0 Å². The van der Waals surface area contributed by atoms with E-state index >= 15 is 0 Å². The Kier molecular flexibility index (Phi) is 7.71. The number of benzene rings is 1. The molecule has 1 N–H and O–H groups in total. The number of nitrogens with zero attached hydrogens (tertiary/aromatic N) is 6. The zero-order chi connectivity index (χ0) is 21.4. The molecule has 1 atom stereocenters. The van der Waals surface area contributed by atoms with Gasteiger partial charge in [-0.3, -0.25) is 4.79 Å². The maximum atomic E-state index is 13.0. The minimum atomic E-state index is -0.247.